The number of hydrogen-bond donors (Lipinski definition) is 0. The second-order valence-electron chi connectivity index (χ2n) is 22.3. The van der Waals surface area contributed by atoms with Crippen molar-refractivity contribution in [3.05, 3.63) is 155 Å². The maximum atomic E-state index is 15.3. The molecule has 0 heterocycles. The molecule has 0 nitrogen and oxygen atoms in total. The van der Waals surface area contributed by atoms with E-state index in [2.05, 4.69) is 145 Å². The van der Waals surface area contributed by atoms with E-state index in [1.165, 1.54) is 141 Å². The van der Waals surface area contributed by atoms with Crippen molar-refractivity contribution >= 4 is 65.4 Å². The Hall–Kier alpha value is -3.21. The van der Waals surface area contributed by atoms with Gasteiger partial charge in [0.1, 0.15) is 0 Å². The summed E-state index contributed by atoms with van der Waals surface area (Å²) in [5.74, 6) is 1.61. The monoisotopic (exact) mass is 1000 g/mol. The van der Waals surface area contributed by atoms with Crippen LogP contribution in [0, 0.1) is 22.7 Å². The number of fused-ring (bicyclic) bond motifs is 8. The van der Waals surface area contributed by atoms with Crippen LogP contribution in [0.2, 0.25) is 8.76 Å². The molecule has 0 spiro atoms. The van der Waals surface area contributed by atoms with E-state index in [0.29, 0.717) is 0 Å². The van der Waals surface area contributed by atoms with Gasteiger partial charge >= 0.3 is 376 Å². The van der Waals surface area contributed by atoms with Gasteiger partial charge in [-0.25, -0.2) is 0 Å². The van der Waals surface area contributed by atoms with E-state index in [-0.39, 0.29) is 47.0 Å². The fourth-order valence-corrected chi connectivity index (χ4v) is 39.2. The first-order valence-corrected chi connectivity index (χ1v) is 37.1. The molecule has 0 radical (unpaired) electrons. The van der Waals surface area contributed by atoms with Crippen LogP contribution in [0.1, 0.15) is 113 Å². The molecule has 2 atom stereocenters. The molecule has 0 aliphatic heterocycles. The predicted octanol–water partition coefficient (Wildman–Crippen LogP) is 17.3. The van der Waals surface area contributed by atoms with E-state index >= 15 is 13.2 Å². The van der Waals surface area contributed by atoms with Crippen LogP contribution in [-0.4, -0.2) is 13.1 Å². The zero-order valence-electron chi connectivity index (χ0n) is 37.6. The van der Waals surface area contributed by atoms with Crippen molar-refractivity contribution in [2.24, 2.45) is 22.7 Å². The Balaban J connectivity index is 0.00000249. The summed E-state index contributed by atoms with van der Waals surface area (Å²) >= 11 is -4.95. The van der Waals surface area contributed by atoms with Crippen molar-refractivity contribution in [3.8, 4) is 22.3 Å². The predicted molar refractivity (Wildman–Crippen MR) is 272 cm³/mol. The fourth-order valence-electron chi connectivity index (χ4n) is 15.6. The molecular formula is C58H61Cl2F3SiZr. The number of benzene rings is 6. The van der Waals surface area contributed by atoms with Gasteiger partial charge in [0.15, 0.2) is 0 Å². The van der Waals surface area contributed by atoms with Gasteiger partial charge in [0.2, 0.25) is 0 Å². The zero-order valence-corrected chi connectivity index (χ0v) is 43.1. The molecule has 12 rings (SSSR count). The Morgan fingerprint density at radius 1 is 0.538 bits per heavy atom. The van der Waals surface area contributed by atoms with Crippen molar-refractivity contribution in [2.45, 2.75) is 106 Å². The first kappa shape index (κ1) is 45.6. The van der Waals surface area contributed by atoms with Gasteiger partial charge in [0.05, 0.1) is 0 Å². The molecule has 6 aromatic rings. The number of halogens is 5. The van der Waals surface area contributed by atoms with Crippen LogP contribution in [0.3, 0.4) is 0 Å². The van der Waals surface area contributed by atoms with E-state index in [1.807, 2.05) is 0 Å². The normalized spacial score (nSPS) is 26.5. The molecule has 65 heavy (non-hydrogen) atoms. The standard InChI is InChI=1S/2C27H25.C3H4F3.CH3.2ClH.H2Si.Zr/c2*1-2-8-23-21(5-1)6-3-9-24(23)25-10-4-7-22-15-20(16-26(22)25)18-27-13-11-19(17-27)12-14-27;1-2-3(4,5)6;;;;;/h2*1-10,15-16,19H,11-14,17-18H2;1-2H2;1H3;2*1H;1H2;. The Labute approximate surface area is 398 Å². The maximum absolute atomic E-state index is 15.3. The van der Waals surface area contributed by atoms with Gasteiger partial charge < -0.3 is 0 Å². The minimum atomic E-state index is -4.95. The first-order chi connectivity index (χ1) is 30.4. The molecule has 4 saturated carbocycles. The number of alkyl halides is 3. The van der Waals surface area contributed by atoms with Gasteiger partial charge in [-0.2, -0.15) is 0 Å². The molecule has 336 valence electrons. The van der Waals surface area contributed by atoms with Crippen LogP contribution in [0.4, 0.5) is 13.2 Å². The van der Waals surface area contributed by atoms with E-state index in [0.717, 1.165) is 24.7 Å². The van der Waals surface area contributed by atoms with Crippen LogP contribution in [0.15, 0.2) is 132 Å². The van der Waals surface area contributed by atoms with Crippen molar-refractivity contribution < 1.29 is 30.6 Å². The van der Waals surface area contributed by atoms with Gasteiger partial charge in [-0.15, -0.1) is 24.8 Å². The SMILES string of the molecule is Cl.Cl.[CH3][Zr](=[SiH2])([CH2]CC(F)(F)F)([CH]1C(CC23CCC(CC2)C3)=Cc2c(-c3cccc4ccccc34)cccc21)[CH]1C(CC23CCC(CC2)C3)=Cc2c(-c3cccc4ccccc34)cccc21. The Bertz CT molecular complexity index is 2790. The molecule has 0 saturated heterocycles. The second-order valence-corrected chi connectivity index (χ2v) is 50.7. The topological polar surface area (TPSA) is 0 Å². The molecule has 4 fully saturated rings. The number of hydrogen-bond acceptors (Lipinski definition) is 0. The molecule has 7 heteroatoms. The Morgan fingerprint density at radius 2 is 0.923 bits per heavy atom. The summed E-state index contributed by atoms with van der Waals surface area (Å²) < 4.78 is 48.8. The summed E-state index contributed by atoms with van der Waals surface area (Å²) in [5, 5.41) is 4.90. The third-order valence-corrected chi connectivity index (χ3v) is 41.1. The molecule has 6 aromatic carbocycles. The van der Waals surface area contributed by atoms with Crippen molar-refractivity contribution in [1.82, 2.24) is 0 Å². The van der Waals surface area contributed by atoms with Crippen LogP contribution in [0.5, 0.6) is 0 Å². The quantitative estimate of drug-likeness (QED) is 0.120. The summed E-state index contributed by atoms with van der Waals surface area (Å²) in [6.07, 6.45) is 15.1. The van der Waals surface area contributed by atoms with Crippen LogP contribution < -0.4 is 0 Å². The molecule has 0 aromatic heterocycles. The van der Waals surface area contributed by atoms with Crippen LogP contribution >= 0.6 is 24.8 Å². The minimum absolute atomic E-state index is 0. The number of rotatable bonds is 10. The number of allylic oxidation sites excluding steroid dienone is 2. The molecule has 6 aliphatic rings. The van der Waals surface area contributed by atoms with Gasteiger partial charge in [-0.05, 0) is 0 Å². The fraction of sp³-hybridized carbons (Fsp3) is 0.379. The third kappa shape index (κ3) is 7.55. The summed E-state index contributed by atoms with van der Waals surface area (Å²) in [4.78, 5) is 0. The molecule has 2 unspecified atom stereocenters. The van der Waals surface area contributed by atoms with Crippen molar-refractivity contribution in [2.75, 3.05) is 0 Å². The second kappa shape index (κ2) is 16.5. The van der Waals surface area contributed by atoms with E-state index in [1.54, 1.807) is 0 Å². The molecule has 4 bridgehead atoms. The van der Waals surface area contributed by atoms with E-state index < -0.39 is 30.0 Å². The van der Waals surface area contributed by atoms with E-state index in [9.17, 15) is 0 Å². The van der Waals surface area contributed by atoms with Crippen LogP contribution in [-0.2, 0) is 17.4 Å². The van der Waals surface area contributed by atoms with Gasteiger partial charge in [-0.1, -0.05) is 0 Å². The van der Waals surface area contributed by atoms with Crippen molar-refractivity contribution in [3.63, 3.8) is 0 Å². The molecule has 0 N–H and O–H groups in total. The third-order valence-electron chi connectivity index (χ3n) is 18.2. The van der Waals surface area contributed by atoms with Crippen LogP contribution in [0.25, 0.3) is 56.0 Å². The van der Waals surface area contributed by atoms with Gasteiger partial charge in [0, 0.05) is 0 Å². The van der Waals surface area contributed by atoms with Gasteiger partial charge in [0.25, 0.3) is 0 Å². The first-order valence-electron chi connectivity index (χ1n) is 24.1. The Kier molecular flexibility index (Phi) is 11.6. The average molecular weight is 1010 g/mol. The average Bonchev–Trinajstić information content (AvgIpc) is 4.16. The van der Waals surface area contributed by atoms with Crippen molar-refractivity contribution in [1.29, 1.82) is 0 Å². The van der Waals surface area contributed by atoms with Gasteiger partial charge in [-0.3, -0.25) is 0 Å². The zero-order chi connectivity index (χ0) is 42.8. The summed E-state index contributed by atoms with van der Waals surface area (Å²) in [6.45, 7) is 2.19. The summed E-state index contributed by atoms with van der Waals surface area (Å²) in [6, 6.07) is 44.5. The Morgan fingerprint density at radius 3 is 1.32 bits per heavy atom. The molecular weight excluding hydrogens is 944 g/mol. The van der Waals surface area contributed by atoms with E-state index in [4.69, 9.17) is 0 Å². The summed E-state index contributed by atoms with van der Waals surface area (Å²) in [5.41, 5.74) is 13.6. The summed E-state index contributed by atoms with van der Waals surface area (Å²) in [7, 11) is 0. The molecule has 6 aliphatic carbocycles. The molecule has 0 amide bonds.